The van der Waals surface area contributed by atoms with E-state index in [1.165, 1.54) is 10.5 Å². The molecule has 1 aromatic heterocycles. The predicted octanol–water partition coefficient (Wildman–Crippen LogP) is 3.51. The molecule has 0 fully saturated rings. The van der Waals surface area contributed by atoms with Crippen molar-refractivity contribution in [2.45, 2.75) is 13.8 Å². The van der Waals surface area contributed by atoms with Gasteiger partial charge in [-0.3, -0.25) is 4.79 Å². The van der Waals surface area contributed by atoms with Gasteiger partial charge in [0.1, 0.15) is 0 Å². The van der Waals surface area contributed by atoms with Crippen molar-refractivity contribution in [3.05, 3.63) is 39.1 Å². The molecule has 0 atom stereocenters. The smallest absolute Gasteiger partial charge is 0.251 e. The maximum atomic E-state index is 12.1. The molecule has 0 unspecified atom stereocenters. The lowest BCUT2D eigenvalue weighted by molar-refractivity contribution is -0.125. The maximum absolute atomic E-state index is 12.1. The van der Waals surface area contributed by atoms with Crippen molar-refractivity contribution >= 4 is 34.4 Å². The summed E-state index contributed by atoms with van der Waals surface area (Å²) in [7, 11) is 0. The van der Waals surface area contributed by atoms with E-state index >= 15 is 0 Å². The minimum Gasteiger partial charge on any atom is -0.331 e. The number of halogens is 1. The average Bonchev–Trinajstić information content (AvgIpc) is 2.96. The van der Waals surface area contributed by atoms with Gasteiger partial charge in [-0.1, -0.05) is 23.7 Å². The zero-order valence-electron chi connectivity index (χ0n) is 9.87. The van der Waals surface area contributed by atoms with Gasteiger partial charge >= 0.3 is 0 Å². The first-order valence-corrected chi connectivity index (χ1v) is 6.70. The van der Waals surface area contributed by atoms with E-state index in [-0.39, 0.29) is 5.91 Å². The second-order valence-electron chi connectivity index (χ2n) is 4.05. The van der Waals surface area contributed by atoms with E-state index in [0.717, 1.165) is 0 Å². The molecule has 4 heteroatoms. The molecular formula is C13H14ClNOS. The van der Waals surface area contributed by atoms with Crippen LogP contribution >= 0.6 is 22.9 Å². The zero-order chi connectivity index (χ0) is 12.4. The number of carbonyl (C=O) groups is 1. The highest BCUT2D eigenvalue weighted by Gasteiger charge is 2.22. The Hall–Kier alpha value is -1.06. The number of rotatable bonds is 2. The van der Waals surface area contributed by atoms with Crippen LogP contribution in [0.5, 0.6) is 0 Å². The fourth-order valence-corrected chi connectivity index (χ4v) is 2.58. The van der Waals surface area contributed by atoms with Crippen LogP contribution < -0.4 is 0 Å². The van der Waals surface area contributed by atoms with E-state index in [1.54, 1.807) is 25.2 Å². The minimum absolute atomic E-state index is 0.0281. The van der Waals surface area contributed by atoms with Crippen molar-refractivity contribution in [2.75, 3.05) is 13.1 Å². The van der Waals surface area contributed by atoms with Gasteiger partial charge in [-0.15, -0.1) is 11.3 Å². The fraction of sp³-hybridized carbons (Fsp3) is 0.308. The first-order chi connectivity index (χ1) is 8.09. The molecule has 1 aliphatic rings. The number of carbonyl (C=O) groups excluding carboxylic acids is 1. The largest absolute Gasteiger partial charge is 0.331 e. The van der Waals surface area contributed by atoms with Crippen LogP contribution in [0.4, 0.5) is 0 Å². The molecule has 0 aromatic carbocycles. The number of hydrogen-bond acceptors (Lipinski definition) is 2. The van der Waals surface area contributed by atoms with Crippen LogP contribution in [0, 0.1) is 0 Å². The molecule has 1 aromatic rings. The molecule has 1 amide bonds. The third kappa shape index (κ3) is 2.61. The summed E-state index contributed by atoms with van der Waals surface area (Å²) in [6, 6.07) is 4.11. The molecule has 0 radical (unpaired) electrons. The standard InChI is InChI=1S/C13H14ClNOS/c1-9(10(2)14)13(16)15-6-5-11(8-15)12-4-3-7-17-12/h3-5,7H,6,8H2,1-2H3/b10-9-. The van der Waals surface area contributed by atoms with Crippen LogP contribution in [0.15, 0.2) is 34.2 Å². The molecule has 0 spiro atoms. The summed E-state index contributed by atoms with van der Waals surface area (Å²) >= 11 is 7.56. The van der Waals surface area contributed by atoms with E-state index in [0.29, 0.717) is 23.7 Å². The molecular weight excluding hydrogens is 254 g/mol. The quantitative estimate of drug-likeness (QED) is 0.751. The topological polar surface area (TPSA) is 20.3 Å². The fourth-order valence-electron chi connectivity index (χ4n) is 1.73. The summed E-state index contributed by atoms with van der Waals surface area (Å²) in [5, 5.41) is 2.62. The summed E-state index contributed by atoms with van der Waals surface area (Å²) in [5.41, 5.74) is 1.86. The summed E-state index contributed by atoms with van der Waals surface area (Å²) in [4.78, 5) is 15.1. The number of amides is 1. The van der Waals surface area contributed by atoms with Crippen LogP contribution in [0.3, 0.4) is 0 Å². The van der Waals surface area contributed by atoms with Gasteiger partial charge in [0.15, 0.2) is 0 Å². The van der Waals surface area contributed by atoms with Gasteiger partial charge in [0, 0.05) is 28.6 Å². The average molecular weight is 268 g/mol. The van der Waals surface area contributed by atoms with Gasteiger partial charge in [-0.05, 0) is 30.9 Å². The van der Waals surface area contributed by atoms with Crippen molar-refractivity contribution in [2.24, 2.45) is 0 Å². The third-order valence-electron chi connectivity index (χ3n) is 2.88. The molecule has 0 N–H and O–H groups in total. The summed E-state index contributed by atoms with van der Waals surface area (Å²) < 4.78 is 0. The Balaban J connectivity index is 2.07. The monoisotopic (exact) mass is 267 g/mol. The van der Waals surface area contributed by atoms with Gasteiger partial charge in [-0.25, -0.2) is 0 Å². The highest BCUT2D eigenvalue weighted by Crippen LogP contribution is 2.26. The molecule has 0 saturated heterocycles. The Kier molecular flexibility index (Phi) is 3.69. The molecule has 2 nitrogen and oxygen atoms in total. The lowest BCUT2D eigenvalue weighted by atomic mass is 10.2. The van der Waals surface area contributed by atoms with Crippen LogP contribution in [0.25, 0.3) is 5.57 Å². The maximum Gasteiger partial charge on any atom is 0.251 e. The van der Waals surface area contributed by atoms with Gasteiger partial charge < -0.3 is 4.90 Å². The second-order valence-corrected chi connectivity index (χ2v) is 5.57. The van der Waals surface area contributed by atoms with Crippen molar-refractivity contribution < 1.29 is 4.79 Å². The lowest BCUT2D eigenvalue weighted by Gasteiger charge is -2.17. The summed E-state index contributed by atoms with van der Waals surface area (Å²) in [6.45, 7) is 4.88. The molecule has 0 aliphatic carbocycles. The third-order valence-corrected chi connectivity index (χ3v) is 4.11. The number of allylic oxidation sites excluding steroid dienone is 1. The van der Waals surface area contributed by atoms with Crippen LogP contribution in [-0.2, 0) is 4.79 Å². The first kappa shape index (κ1) is 12.4. The second kappa shape index (κ2) is 5.07. The van der Waals surface area contributed by atoms with E-state index in [9.17, 15) is 4.79 Å². The van der Waals surface area contributed by atoms with Gasteiger partial charge in [0.05, 0.1) is 0 Å². The summed E-state index contributed by atoms with van der Waals surface area (Å²) in [6.07, 6.45) is 2.11. The normalized spacial score (nSPS) is 16.9. The Morgan fingerprint density at radius 1 is 1.47 bits per heavy atom. The highest BCUT2D eigenvalue weighted by molar-refractivity contribution is 7.11. The van der Waals surface area contributed by atoms with Crippen molar-refractivity contribution in [1.29, 1.82) is 0 Å². The van der Waals surface area contributed by atoms with E-state index in [2.05, 4.69) is 17.5 Å². The van der Waals surface area contributed by atoms with Gasteiger partial charge in [-0.2, -0.15) is 0 Å². The Labute approximate surface area is 110 Å². The highest BCUT2D eigenvalue weighted by atomic mass is 35.5. The molecule has 17 heavy (non-hydrogen) atoms. The van der Waals surface area contributed by atoms with Crippen molar-refractivity contribution in [3.63, 3.8) is 0 Å². The Morgan fingerprint density at radius 3 is 2.82 bits per heavy atom. The SMILES string of the molecule is C/C(Cl)=C(\C)C(=O)N1CC=C(c2cccs2)C1. The Morgan fingerprint density at radius 2 is 2.24 bits per heavy atom. The molecule has 1 aliphatic heterocycles. The van der Waals surface area contributed by atoms with Gasteiger partial charge in [0.2, 0.25) is 0 Å². The van der Waals surface area contributed by atoms with E-state index in [1.807, 2.05) is 11.0 Å². The molecule has 2 rings (SSSR count). The molecule has 0 saturated carbocycles. The number of hydrogen-bond donors (Lipinski definition) is 0. The number of thiophene rings is 1. The zero-order valence-corrected chi connectivity index (χ0v) is 11.4. The van der Waals surface area contributed by atoms with Crippen LogP contribution in [0.1, 0.15) is 18.7 Å². The molecule has 0 bridgehead atoms. The van der Waals surface area contributed by atoms with Crippen molar-refractivity contribution in [3.8, 4) is 0 Å². The van der Waals surface area contributed by atoms with Crippen LogP contribution in [-0.4, -0.2) is 23.9 Å². The number of nitrogens with zero attached hydrogens (tertiary/aromatic N) is 1. The Bertz CT molecular complexity index is 484. The lowest BCUT2D eigenvalue weighted by Crippen LogP contribution is -2.29. The molecule has 2 heterocycles. The van der Waals surface area contributed by atoms with Crippen LogP contribution in [0.2, 0.25) is 0 Å². The minimum atomic E-state index is 0.0281. The molecule has 90 valence electrons. The van der Waals surface area contributed by atoms with Gasteiger partial charge in [0.25, 0.3) is 5.91 Å². The summed E-state index contributed by atoms with van der Waals surface area (Å²) in [5.74, 6) is 0.0281. The predicted molar refractivity (Wildman–Crippen MR) is 73.1 cm³/mol. The van der Waals surface area contributed by atoms with Crippen molar-refractivity contribution in [1.82, 2.24) is 4.90 Å². The van der Waals surface area contributed by atoms with E-state index in [4.69, 9.17) is 11.6 Å². The van der Waals surface area contributed by atoms with E-state index < -0.39 is 0 Å². The first-order valence-electron chi connectivity index (χ1n) is 5.44.